The third-order valence-corrected chi connectivity index (χ3v) is 5.75. The number of aryl methyl sites for hydroxylation is 1. The van der Waals surface area contributed by atoms with Gasteiger partial charge in [0.1, 0.15) is 0 Å². The molecule has 0 aromatic carbocycles. The third kappa shape index (κ3) is 4.68. The number of rotatable bonds is 5. The molecular formula is C19H29N5O3. The second-order valence-corrected chi connectivity index (χ2v) is 7.97. The van der Waals surface area contributed by atoms with E-state index in [0.717, 1.165) is 57.0 Å². The Kier molecular flexibility index (Phi) is 5.45. The molecule has 4 rings (SSSR count). The fourth-order valence-corrected chi connectivity index (χ4v) is 3.87. The molecule has 0 radical (unpaired) electrons. The number of carbonyl (C=O) groups excluding carboxylic acids is 2. The van der Waals surface area contributed by atoms with E-state index in [0.29, 0.717) is 38.6 Å². The van der Waals surface area contributed by atoms with Crippen LogP contribution in [0.3, 0.4) is 0 Å². The van der Waals surface area contributed by atoms with Crippen LogP contribution in [-0.2, 0) is 16.1 Å². The zero-order chi connectivity index (χ0) is 18.8. The summed E-state index contributed by atoms with van der Waals surface area (Å²) in [5, 5.41) is 3.93. The van der Waals surface area contributed by atoms with Crippen molar-refractivity contribution in [3.63, 3.8) is 0 Å². The van der Waals surface area contributed by atoms with Crippen LogP contribution in [0, 0.1) is 12.8 Å². The zero-order valence-corrected chi connectivity index (χ0v) is 16.1. The molecule has 1 aromatic rings. The molecule has 0 spiro atoms. The molecular weight excluding hydrogens is 346 g/mol. The van der Waals surface area contributed by atoms with E-state index in [1.165, 1.54) is 0 Å². The van der Waals surface area contributed by atoms with Gasteiger partial charge in [0, 0.05) is 64.3 Å². The zero-order valence-electron chi connectivity index (χ0n) is 16.1. The van der Waals surface area contributed by atoms with Crippen LogP contribution in [0.4, 0.5) is 0 Å². The van der Waals surface area contributed by atoms with E-state index < -0.39 is 0 Å². The van der Waals surface area contributed by atoms with Crippen molar-refractivity contribution in [1.29, 1.82) is 0 Å². The third-order valence-electron chi connectivity index (χ3n) is 5.75. The first kappa shape index (κ1) is 18.4. The van der Waals surface area contributed by atoms with Gasteiger partial charge in [-0.3, -0.25) is 19.4 Å². The summed E-state index contributed by atoms with van der Waals surface area (Å²) >= 11 is 0. The van der Waals surface area contributed by atoms with E-state index in [2.05, 4.69) is 15.0 Å². The van der Waals surface area contributed by atoms with Crippen molar-refractivity contribution in [2.45, 2.75) is 26.3 Å². The standard InChI is InChI=1S/C19H29N5O3/c1-15-12-17(27-20-15)13-21-4-6-22(7-5-21)14-18(25)23-8-10-24(11-9-23)19(26)16-2-3-16/h12,16H,2-11,13-14H2,1H3. The highest BCUT2D eigenvalue weighted by atomic mass is 16.5. The van der Waals surface area contributed by atoms with Crippen LogP contribution in [0.2, 0.25) is 0 Å². The molecule has 148 valence electrons. The van der Waals surface area contributed by atoms with Crippen molar-refractivity contribution >= 4 is 11.8 Å². The average Bonchev–Trinajstić information content (AvgIpc) is 3.45. The number of aromatic nitrogens is 1. The largest absolute Gasteiger partial charge is 0.360 e. The lowest BCUT2D eigenvalue weighted by atomic mass is 10.2. The highest BCUT2D eigenvalue weighted by Crippen LogP contribution is 2.31. The van der Waals surface area contributed by atoms with Crippen molar-refractivity contribution in [1.82, 2.24) is 24.8 Å². The fraction of sp³-hybridized carbons (Fsp3) is 0.737. The van der Waals surface area contributed by atoms with Gasteiger partial charge in [-0.15, -0.1) is 0 Å². The maximum Gasteiger partial charge on any atom is 0.236 e. The summed E-state index contributed by atoms with van der Waals surface area (Å²) in [4.78, 5) is 33.1. The molecule has 3 fully saturated rings. The molecule has 0 bridgehead atoms. The number of carbonyl (C=O) groups is 2. The highest BCUT2D eigenvalue weighted by Gasteiger charge is 2.35. The van der Waals surface area contributed by atoms with Crippen molar-refractivity contribution in [2.75, 3.05) is 58.9 Å². The minimum absolute atomic E-state index is 0.188. The van der Waals surface area contributed by atoms with Gasteiger partial charge < -0.3 is 14.3 Å². The topological polar surface area (TPSA) is 73.1 Å². The summed E-state index contributed by atoms with van der Waals surface area (Å²) in [6.07, 6.45) is 2.08. The summed E-state index contributed by atoms with van der Waals surface area (Å²) in [7, 11) is 0. The molecule has 8 heteroatoms. The Morgan fingerprint density at radius 2 is 1.63 bits per heavy atom. The molecule has 8 nitrogen and oxygen atoms in total. The summed E-state index contributed by atoms with van der Waals surface area (Å²) in [6.45, 7) is 9.52. The summed E-state index contributed by atoms with van der Waals surface area (Å²) in [5.74, 6) is 1.65. The van der Waals surface area contributed by atoms with Crippen LogP contribution in [0.1, 0.15) is 24.3 Å². The molecule has 1 aliphatic carbocycles. The van der Waals surface area contributed by atoms with Gasteiger partial charge in [0.25, 0.3) is 0 Å². The number of hydrogen-bond acceptors (Lipinski definition) is 6. The highest BCUT2D eigenvalue weighted by molar-refractivity contribution is 5.82. The molecule has 0 atom stereocenters. The van der Waals surface area contributed by atoms with E-state index in [1.54, 1.807) is 0 Å². The number of amides is 2. The molecule has 2 amide bonds. The lowest BCUT2D eigenvalue weighted by molar-refractivity contribution is -0.141. The molecule has 3 aliphatic rings. The lowest BCUT2D eigenvalue weighted by Crippen LogP contribution is -2.54. The summed E-state index contributed by atoms with van der Waals surface area (Å²) in [6, 6.07) is 1.98. The minimum atomic E-state index is 0.188. The van der Waals surface area contributed by atoms with Gasteiger partial charge in [-0.2, -0.15) is 0 Å². The van der Waals surface area contributed by atoms with Crippen LogP contribution in [0.25, 0.3) is 0 Å². The Labute approximate surface area is 160 Å². The van der Waals surface area contributed by atoms with E-state index in [1.807, 2.05) is 22.8 Å². The van der Waals surface area contributed by atoms with Crippen molar-refractivity contribution in [3.05, 3.63) is 17.5 Å². The lowest BCUT2D eigenvalue weighted by Gasteiger charge is -2.38. The molecule has 27 heavy (non-hydrogen) atoms. The quantitative estimate of drug-likeness (QED) is 0.731. The second-order valence-electron chi connectivity index (χ2n) is 7.97. The minimum Gasteiger partial charge on any atom is -0.360 e. The molecule has 3 heterocycles. The van der Waals surface area contributed by atoms with Crippen LogP contribution in [0.5, 0.6) is 0 Å². The molecule has 1 aromatic heterocycles. The van der Waals surface area contributed by atoms with Gasteiger partial charge in [0.2, 0.25) is 11.8 Å². The Morgan fingerprint density at radius 3 is 2.22 bits per heavy atom. The molecule has 0 unspecified atom stereocenters. The number of hydrogen-bond donors (Lipinski definition) is 0. The van der Waals surface area contributed by atoms with E-state index >= 15 is 0 Å². The molecule has 2 aliphatic heterocycles. The number of piperazine rings is 2. The van der Waals surface area contributed by atoms with Crippen LogP contribution >= 0.6 is 0 Å². The van der Waals surface area contributed by atoms with Crippen LogP contribution in [0.15, 0.2) is 10.6 Å². The number of nitrogens with zero attached hydrogens (tertiary/aromatic N) is 5. The van der Waals surface area contributed by atoms with Gasteiger partial charge in [-0.1, -0.05) is 5.16 Å². The molecule has 2 saturated heterocycles. The van der Waals surface area contributed by atoms with Crippen molar-refractivity contribution in [3.8, 4) is 0 Å². The van der Waals surface area contributed by atoms with Gasteiger partial charge >= 0.3 is 0 Å². The SMILES string of the molecule is Cc1cc(CN2CCN(CC(=O)N3CCN(C(=O)C4CC4)CC3)CC2)on1. The summed E-state index contributed by atoms with van der Waals surface area (Å²) < 4.78 is 5.29. The first-order valence-corrected chi connectivity index (χ1v) is 10.0. The normalized spacial score (nSPS) is 22.3. The van der Waals surface area contributed by atoms with Crippen molar-refractivity contribution in [2.24, 2.45) is 5.92 Å². The maximum absolute atomic E-state index is 12.6. The predicted molar refractivity (Wildman–Crippen MR) is 98.8 cm³/mol. The first-order valence-electron chi connectivity index (χ1n) is 10.0. The van der Waals surface area contributed by atoms with Gasteiger partial charge in [0.05, 0.1) is 18.8 Å². The van der Waals surface area contributed by atoms with Gasteiger partial charge in [0.15, 0.2) is 5.76 Å². The summed E-state index contributed by atoms with van der Waals surface area (Å²) in [5.41, 5.74) is 0.910. The first-order chi connectivity index (χ1) is 13.1. The Bertz CT molecular complexity index is 671. The molecule has 0 N–H and O–H groups in total. The molecule has 1 saturated carbocycles. The Balaban J connectivity index is 1.17. The van der Waals surface area contributed by atoms with E-state index in [-0.39, 0.29) is 11.8 Å². The predicted octanol–water partition coefficient (Wildman–Crippen LogP) is 0.181. The maximum atomic E-state index is 12.6. The van der Waals surface area contributed by atoms with Crippen molar-refractivity contribution < 1.29 is 14.1 Å². The van der Waals surface area contributed by atoms with E-state index in [9.17, 15) is 9.59 Å². The smallest absolute Gasteiger partial charge is 0.236 e. The van der Waals surface area contributed by atoms with E-state index in [4.69, 9.17) is 4.52 Å². The van der Waals surface area contributed by atoms with Gasteiger partial charge in [-0.05, 0) is 19.8 Å². The average molecular weight is 375 g/mol. The monoisotopic (exact) mass is 375 g/mol. The van der Waals surface area contributed by atoms with Crippen LogP contribution < -0.4 is 0 Å². The second kappa shape index (κ2) is 7.98. The fourth-order valence-electron chi connectivity index (χ4n) is 3.87. The van der Waals surface area contributed by atoms with Gasteiger partial charge in [-0.25, -0.2) is 0 Å². The van der Waals surface area contributed by atoms with Crippen LogP contribution in [-0.4, -0.2) is 95.5 Å². The Hall–Kier alpha value is -1.93. The Morgan fingerprint density at radius 1 is 1.00 bits per heavy atom.